The minimum atomic E-state index is -0.0695. The Bertz CT molecular complexity index is 299. The fraction of sp³-hybridized carbons (Fsp3) is 0.667. The molecule has 0 radical (unpaired) electrons. The zero-order valence-corrected chi connectivity index (χ0v) is 10.5. The molecule has 0 aliphatic carbocycles. The lowest BCUT2D eigenvalue weighted by molar-refractivity contribution is -0.128. The maximum absolute atomic E-state index is 11.8. The van der Waals surface area contributed by atoms with Crippen LogP contribution in [0.3, 0.4) is 0 Å². The summed E-state index contributed by atoms with van der Waals surface area (Å²) in [6.07, 6.45) is 2.80. The molecule has 6 nitrogen and oxygen atoms in total. The molecule has 2 aliphatic rings. The van der Waals surface area contributed by atoms with Gasteiger partial charge in [0.25, 0.3) is 0 Å². The normalized spacial score (nSPS) is 21.3. The highest BCUT2D eigenvalue weighted by Crippen LogP contribution is 1.98. The first-order valence-electron chi connectivity index (χ1n) is 6.45. The number of amides is 2. The molecule has 2 heterocycles. The highest BCUT2D eigenvalue weighted by Gasteiger charge is 2.16. The van der Waals surface area contributed by atoms with Crippen LogP contribution in [0.5, 0.6) is 0 Å². The Morgan fingerprint density at radius 1 is 0.722 bits per heavy atom. The average Bonchev–Trinajstić information content (AvgIpc) is 2.46. The molecule has 0 unspecified atom stereocenters. The lowest BCUT2D eigenvalue weighted by Crippen LogP contribution is -2.46. The summed E-state index contributed by atoms with van der Waals surface area (Å²) in [5.74, 6) is -0.139. The monoisotopic (exact) mass is 252 g/mol. The van der Waals surface area contributed by atoms with Crippen LogP contribution in [0.4, 0.5) is 0 Å². The standard InChI is InChI=1S/C12H20N4O2/c17-11(15-7-3-13-4-8-15)1-2-12(18)16-9-5-14-6-10-16/h1-2,13-14H,3-10H2/b2-1+. The molecule has 2 amide bonds. The smallest absolute Gasteiger partial charge is 0.246 e. The van der Waals surface area contributed by atoms with Crippen LogP contribution in [0.2, 0.25) is 0 Å². The van der Waals surface area contributed by atoms with Crippen molar-refractivity contribution in [3.8, 4) is 0 Å². The van der Waals surface area contributed by atoms with Crippen LogP contribution in [0.15, 0.2) is 12.2 Å². The van der Waals surface area contributed by atoms with Crippen molar-refractivity contribution in [2.45, 2.75) is 0 Å². The first kappa shape index (κ1) is 13.0. The van der Waals surface area contributed by atoms with Gasteiger partial charge in [-0.05, 0) is 0 Å². The number of hydrogen-bond acceptors (Lipinski definition) is 4. The molecule has 2 saturated heterocycles. The summed E-state index contributed by atoms with van der Waals surface area (Å²) in [5, 5.41) is 6.37. The molecule has 0 aromatic carbocycles. The number of nitrogens with one attached hydrogen (secondary N) is 2. The molecule has 0 atom stereocenters. The van der Waals surface area contributed by atoms with Gasteiger partial charge in [-0.25, -0.2) is 0 Å². The second-order valence-corrected chi connectivity index (χ2v) is 4.48. The van der Waals surface area contributed by atoms with Gasteiger partial charge >= 0.3 is 0 Å². The summed E-state index contributed by atoms with van der Waals surface area (Å²) in [4.78, 5) is 27.2. The third kappa shape index (κ3) is 3.54. The second kappa shape index (κ2) is 6.51. The number of rotatable bonds is 2. The highest BCUT2D eigenvalue weighted by atomic mass is 16.2. The van der Waals surface area contributed by atoms with E-state index in [1.54, 1.807) is 9.80 Å². The van der Waals surface area contributed by atoms with Gasteiger partial charge in [0, 0.05) is 64.5 Å². The van der Waals surface area contributed by atoms with E-state index in [0.29, 0.717) is 26.2 Å². The lowest BCUT2D eigenvalue weighted by atomic mass is 10.3. The fourth-order valence-electron chi connectivity index (χ4n) is 2.12. The van der Waals surface area contributed by atoms with E-state index < -0.39 is 0 Å². The number of nitrogens with zero attached hydrogens (tertiary/aromatic N) is 2. The van der Waals surface area contributed by atoms with E-state index in [9.17, 15) is 9.59 Å². The molecule has 18 heavy (non-hydrogen) atoms. The molecule has 2 aliphatic heterocycles. The summed E-state index contributed by atoms with van der Waals surface area (Å²) in [5.41, 5.74) is 0. The Kier molecular flexibility index (Phi) is 4.72. The predicted molar refractivity (Wildman–Crippen MR) is 68.0 cm³/mol. The third-order valence-corrected chi connectivity index (χ3v) is 3.23. The van der Waals surface area contributed by atoms with Crippen molar-refractivity contribution in [3.63, 3.8) is 0 Å². The van der Waals surface area contributed by atoms with Crippen molar-refractivity contribution in [1.29, 1.82) is 0 Å². The molecular formula is C12H20N4O2. The van der Waals surface area contributed by atoms with Gasteiger partial charge in [-0.15, -0.1) is 0 Å². The van der Waals surface area contributed by atoms with E-state index >= 15 is 0 Å². The largest absolute Gasteiger partial charge is 0.337 e. The summed E-state index contributed by atoms with van der Waals surface area (Å²) in [6.45, 7) is 6.15. The Balaban J connectivity index is 1.81. The number of hydrogen-bond donors (Lipinski definition) is 2. The van der Waals surface area contributed by atoms with Crippen LogP contribution >= 0.6 is 0 Å². The van der Waals surface area contributed by atoms with E-state index in [-0.39, 0.29) is 11.8 Å². The molecular weight excluding hydrogens is 232 g/mol. The summed E-state index contributed by atoms with van der Waals surface area (Å²) in [6, 6.07) is 0. The molecule has 6 heteroatoms. The zero-order valence-electron chi connectivity index (χ0n) is 10.5. The molecule has 0 bridgehead atoms. The fourth-order valence-corrected chi connectivity index (χ4v) is 2.12. The minimum Gasteiger partial charge on any atom is -0.337 e. The Labute approximate surface area is 107 Å². The summed E-state index contributed by atoms with van der Waals surface area (Å²) >= 11 is 0. The van der Waals surface area contributed by atoms with Crippen LogP contribution in [0, 0.1) is 0 Å². The average molecular weight is 252 g/mol. The van der Waals surface area contributed by atoms with E-state index in [1.807, 2.05) is 0 Å². The molecule has 0 spiro atoms. The van der Waals surface area contributed by atoms with E-state index in [0.717, 1.165) is 26.2 Å². The van der Waals surface area contributed by atoms with Crippen molar-refractivity contribution >= 4 is 11.8 Å². The van der Waals surface area contributed by atoms with Crippen molar-refractivity contribution in [2.75, 3.05) is 52.4 Å². The van der Waals surface area contributed by atoms with Gasteiger partial charge in [-0.2, -0.15) is 0 Å². The maximum Gasteiger partial charge on any atom is 0.246 e. The second-order valence-electron chi connectivity index (χ2n) is 4.48. The Morgan fingerprint density at radius 2 is 1.06 bits per heavy atom. The quantitative estimate of drug-likeness (QED) is 0.581. The van der Waals surface area contributed by atoms with Crippen LogP contribution in [-0.4, -0.2) is 74.0 Å². The summed E-state index contributed by atoms with van der Waals surface area (Å²) in [7, 11) is 0. The van der Waals surface area contributed by atoms with Gasteiger partial charge in [0.1, 0.15) is 0 Å². The molecule has 0 saturated carbocycles. The third-order valence-electron chi connectivity index (χ3n) is 3.23. The van der Waals surface area contributed by atoms with Crippen molar-refractivity contribution in [1.82, 2.24) is 20.4 Å². The number of carbonyl (C=O) groups excluding carboxylic acids is 2. The molecule has 100 valence electrons. The molecule has 0 aromatic rings. The van der Waals surface area contributed by atoms with Gasteiger partial charge in [0.2, 0.25) is 11.8 Å². The molecule has 2 N–H and O–H groups in total. The predicted octanol–water partition coefficient (Wildman–Crippen LogP) is -1.59. The lowest BCUT2D eigenvalue weighted by Gasteiger charge is -2.27. The van der Waals surface area contributed by atoms with Crippen molar-refractivity contribution < 1.29 is 9.59 Å². The first-order chi connectivity index (χ1) is 8.77. The van der Waals surface area contributed by atoms with Gasteiger partial charge in [-0.1, -0.05) is 0 Å². The topological polar surface area (TPSA) is 64.7 Å². The molecule has 0 aromatic heterocycles. The van der Waals surface area contributed by atoms with Gasteiger partial charge < -0.3 is 20.4 Å². The number of piperazine rings is 2. The van der Waals surface area contributed by atoms with E-state index in [2.05, 4.69) is 10.6 Å². The highest BCUT2D eigenvalue weighted by molar-refractivity contribution is 5.96. The van der Waals surface area contributed by atoms with Gasteiger partial charge in [0.05, 0.1) is 0 Å². The van der Waals surface area contributed by atoms with Gasteiger partial charge in [-0.3, -0.25) is 9.59 Å². The summed E-state index contributed by atoms with van der Waals surface area (Å²) < 4.78 is 0. The Hall–Kier alpha value is -1.40. The van der Waals surface area contributed by atoms with Crippen LogP contribution in [-0.2, 0) is 9.59 Å². The Morgan fingerprint density at radius 3 is 1.39 bits per heavy atom. The minimum absolute atomic E-state index is 0.0695. The number of carbonyl (C=O) groups is 2. The maximum atomic E-state index is 11.8. The van der Waals surface area contributed by atoms with Crippen molar-refractivity contribution in [2.24, 2.45) is 0 Å². The van der Waals surface area contributed by atoms with Crippen molar-refractivity contribution in [3.05, 3.63) is 12.2 Å². The molecule has 2 rings (SSSR count). The van der Waals surface area contributed by atoms with E-state index in [1.165, 1.54) is 12.2 Å². The SMILES string of the molecule is O=C(/C=C/C(=O)N1CCNCC1)N1CCNCC1. The zero-order chi connectivity index (χ0) is 12.8. The van der Waals surface area contributed by atoms with Gasteiger partial charge in [0.15, 0.2) is 0 Å². The molecule has 2 fully saturated rings. The van der Waals surface area contributed by atoms with E-state index in [4.69, 9.17) is 0 Å². The first-order valence-corrected chi connectivity index (χ1v) is 6.45. The van der Waals surface area contributed by atoms with Crippen LogP contribution in [0.25, 0.3) is 0 Å². The van der Waals surface area contributed by atoms with Crippen LogP contribution in [0.1, 0.15) is 0 Å². The van der Waals surface area contributed by atoms with Crippen LogP contribution < -0.4 is 10.6 Å².